The van der Waals surface area contributed by atoms with Crippen LogP contribution in [0.4, 0.5) is 8.63 Å². The number of halogens is 2. The van der Waals surface area contributed by atoms with E-state index in [1.807, 2.05) is 6.92 Å². The summed E-state index contributed by atoms with van der Waals surface area (Å²) in [5.74, 6) is 2.90. The van der Waals surface area contributed by atoms with Crippen LogP contribution in [0.2, 0.25) is 0 Å². The molecule has 332 valence electrons. The van der Waals surface area contributed by atoms with Gasteiger partial charge in [-0.05, 0) is 137 Å². The Bertz CT molecular complexity index is 2110. The molecule has 12 heteroatoms. The number of hydrogen-bond donors (Lipinski definition) is 3. The number of aliphatic hydroxyl groups excluding tert-OH is 1. The number of carbonyl (C=O) groups excluding carboxylic acids is 2. The molecule has 8 unspecified atom stereocenters. The number of ether oxygens (including phenoxy) is 1. The van der Waals surface area contributed by atoms with Crippen molar-refractivity contribution >= 4 is 30.6 Å². The molecule has 0 bridgehead atoms. The van der Waals surface area contributed by atoms with Crippen LogP contribution in [0.5, 0.6) is 0 Å². The van der Waals surface area contributed by atoms with Crippen LogP contribution < -0.4 is 10.6 Å². The number of fused-ring (bicyclic) bond motifs is 8. The van der Waals surface area contributed by atoms with Crippen LogP contribution in [0.1, 0.15) is 135 Å². The second-order valence-electron chi connectivity index (χ2n) is 20.8. The van der Waals surface area contributed by atoms with Crippen molar-refractivity contribution in [3.8, 4) is 0 Å². The predicted octanol–water partition coefficient (Wildman–Crippen LogP) is 8.01. The summed E-state index contributed by atoms with van der Waals surface area (Å²) < 4.78 is 41.0. The van der Waals surface area contributed by atoms with Crippen LogP contribution in [-0.2, 0) is 14.3 Å². The summed E-state index contributed by atoms with van der Waals surface area (Å²) in [7, 11) is 0. The maximum Gasteiger partial charge on any atom is 0.737 e. The van der Waals surface area contributed by atoms with E-state index in [1.54, 1.807) is 36.8 Å². The van der Waals surface area contributed by atoms with Crippen LogP contribution in [0, 0.1) is 48.9 Å². The van der Waals surface area contributed by atoms with Gasteiger partial charge in [-0.25, -0.2) is 0 Å². The molecule has 5 heterocycles. The van der Waals surface area contributed by atoms with Crippen molar-refractivity contribution in [1.82, 2.24) is 20.0 Å². The third kappa shape index (κ3) is 7.36. The van der Waals surface area contributed by atoms with Gasteiger partial charge in [0, 0.05) is 81.3 Å². The molecule has 9 nitrogen and oxygen atoms in total. The van der Waals surface area contributed by atoms with Crippen LogP contribution in [0.25, 0.3) is 6.08 Å². The summed E-state index contributed by atoms with van der Waals surface area (Å²) in [5, 5.41) is 16.6. The Hall–Kier alpha value is -3.35. The average Bonchev–Trinajstić information content (AvgIpc) is 3.96. The molecule has 4 aliphatic carbocycles. The number of rotatable bonds is 12. The second-order valence-corrected chi connectivity index (χ2v) is 20.8. The number of aromatic nitrogens is 1. The molecular weight excluding hydrogens is 771 g/mol. The molecule has 1 spiro atoms. The fourth-order valence-corrected chi connectivity index (χ4v) is 14.2. The lowest BCUT2D eigenvalue weighted by molar-refractivity contribution is -0.362. The van der Waals surface area contributed by atoms with Gasteiger partial charge in [0.2, 0.25) is 11.8 Å². The number of nitrogens with one attached hydrogen (secondary N) is 2. The molecule has 1 aromatic heterocycles. The zero-order valence-electron chi connectivity index (χ0n) is 37.6. The molecule has 2 saturated carbocycles. The molecule has 8 aliphatic rings. The minimum atomic E-state index is -4.03. The quantitative estimate of drug-likeness (QED) is 0.113. The van der Waals surface area contributed by atoms with Crippen molar-refractivity contribution < 1.29 is 32.6 Å². The van der Waals surface area contributed by atoms with E-state index in [0.29, 0.717) is 77.9 Å². The first-order valence-corrected chi connectivity index (χ1v) is 23.9. The third-order valence-corrected chi connectivity index (χ3v) is 17.2. The highest BCUT2D eigenvalue weighted by atomic mass is 19.2. The topological polar surface area (TPSA) is 98.8 Å². The number of aliphatic hydroxyl groups is 1. The average molecular weight is 842 g/mol. The summed E-state index contributed by atoms with van der Waals surface area (Å²) in [6, 6.07) is 2.14. The van der Waals surface area contributed by atoms with Gasteiger partial charge in [-0.1, -0.05) is 44.4 Å². The lowest BCUT2D eigenvalue weighted by Gasteiger charge is -2.49. The minimum Gasteiger partial charge on any atom is -0.394 e. The smallest absolute Gasteiger partial charge is 0.394 e. The van der Waals surface area contributed by atoms with Crippen LogP contribution in [0.3, 0.4) is 0 Å². The number of carbonyl (C=O) groups is 2. The maximum atomic E-state index is 15.7. The SMILES string of the molecule is CC1=C2CC3C(CC=C4C[C@@H](O)CCC43C)C2CCC12O[C@@H]1CC(C)CN(CCNC(=O)CCCCCNC(=O)CCC3=[N+]4C(=Cc5c(C)cc(C)n5[B-]4(F)F)C=C3)C1C2C. The van der Waals surface area contributed by atoms with Gasteiger partial charge in [0.25, 0.3) is 0 Å². The molecule has 61 heavy (non-hydrogen) atoms. The Balaban J connectivity index is 0.712. The number of piperidine rings is 1. The highest BCUT2D eigenvalue weighted by molar-refractivity contribution is 6.58. The molecule has 2 amide bonds. The van der Waals surface area contributed by atoms with Gasteiger partial charge in [-0.2, -0.15) is 0 Å². The molecule has 10 atom stereocenters. The molecule has 4 fully saturated rings. The summed E-state index contributed by atoms with van der Waals surface area (Å²) in [6.07, 6.45) is 19.6. The van der Waals surface area contributed by atoms with Gasteiger partial charge < -0.3 is 38.1 Å². The number of amides is 2. The molecule has 1 aromatic rings. The fourth-order valence-electron chi connectivity index (χ4n) is 14.2. The molecule has 4 aliphatic heterocycles. The molecule has 0 aromatic carbocycles. The van der Waals surface area contributed by atoms with Gasteiger partial charge >= 0.3 is 6.97 Å². The lowest BCUT2D eigenvalue weighted by Crippen LogP contribution is -2.54. The lowest BCUT2D eigenvalue weighted by atomic mass is 9.56. The zero-order chi connectivity index (χ0) is 43.0. The van der Waals surface area contributed by atoms with E-state index in [2.05, 4.69) is 49.3 Å². The first-order chi connectivity index (χ1) is 29.1. The molecule has 0 radical (unpaired) electrons. The van der Waals surface area contributed by atoms with Crippen LogP contribution in [0.15, 0.2) is 46.7 Å². The van der Waals surface area contributed by atoms with E-state index in [1.165, 1.54) is 24.0 Å². The number of likely N-dealkylation sites (tertiary alicyclic amines) is 1. The third-order valence-electron chi connectivity index (χ3n) is 17.2. The van der Waals surface area contributed by atoms with Crippen molar-refractivity contribution in [1.29, 1.82) is 0 Å². The summed E-state index contributed by atoms with van der Waals surface area (Å²) in [4.78, 5) is 28.2. The van der Waals surface area contributed by atoms with Crippen molar-refractivity contribution in [2.75, 3.05) is 26.2 Å². The minimum absolute atomic E-state index is 0.0711. The first-order valence-electron chi connectivity index (χ1n) is 23.9. The summed E-state index contributed by atoms with van der Waals surface area (Å²) in [6.45, 7) is 12.2. The first kappa shape index (κ1) is 42.9. The van der Waals surface area contributed by atoms with E-state index in [9.17, 15) is 14.7 Å². The Morgan fingerprint density at radius 2 is 1.80 bits per heavy atom. The van der Waals surface area contributed by atoms with Crippen LogP contribution in [-0.4, -0.2) is 93.5 Å². The number of hydrogen-bond acceptors (Lipinski definition) is 5. The highest BCUT2D eigenvalue weighted by Crippen LogP contribution is 2.65. The zero-order valence-corrected chi connectivity index (χ0v) is 37.6. The standard InChI is InChI=1S/C49H70BF2N5O4/c1-30-24-44-47(34(5)49(61-44)20-18-39-40-15-11-35-26-38(58)17-19-48(35,6)42(40)28-41(39)33(49)4)55(29-30)23-22-54-45(59)10-8-7-9-21-53-46(60)16-14-36-12-13-37-27-43-31(2)25-32(3)56(43)50(51,52)57(36)37/h11-13,25,27,30,34,38-40,42,44,47,58H,7-10,14-24,26,28-29H2,1-6H3,(H,53,60)(H,54,59)/t30?,34?,38-,39?,40?,42?,44+,47?,48?,49?/m0/s1. The molecule has 2 saturated heterocycles. The van der Waals surface area contributed by atoms with Crippen molar-refractivity contribution in [3.63, 3.8) is 0 Å². The summed E-state index contributed by atoms with van der Waals surface area (Å²) >= 11 is 0. The fraction of sp³-hybridized carbons (Fsp3) is 0.694. The van der Waals surface area contributed by atoms with Crippen molar-refractivity contribution in [2.45, 2.75) is 155 Å². The summed E-state index contributed by atoms with van der Waals surface area (Å²) in [5.41, 5.74) is 7.61. The molecule has 9 rings (SSSR count). The largest absolute Gasteiger partial charge is 0.737 e. The van der Waals surface area contributed by atoms with Gasteiger partial charge in [-0.15, -0.1) is 0 Å². The highest BCUT2D eigenvalue weighted by Gasteiger charge is 2.62. The molecular formula is C49H70BF2N5O4. The van der Waals surface area contributed by atoms with E-state index in [-0.39, 0.29) is 47.9 Å². The van der Waals surface area contributed by atoms with Gasteiger partial charge in [0.15, 0.2) is 5.70 Å². The number of aryl methyl sites for hydroxylation is 2. The Morgan fingerprint density at radius 1 is 1.02 bits per heavy atom. The predicted molar refractivity (Wildman–Crippen MR) is 237 cm³/mol. The number of nitrogens with zero attached hydrogens (tertiary/aromatic N) is 3. The van der Waals surface area contributed by atoms with Crippen molar-refractivity contribution in [2.24, 2.45) is 35.0 Å². The maximum absolute atomic E-state index is 15.7. The second kappa shape index (κ2) is 16.3. The van der Waals surface area contributed by atoms with Crippen molar-refractivity contribution in [3.05, 3.63) is 63.7 Å². The monoisotopic (exact) mass is 842 g/mol. The molecule has 3 N–H and O–H groups in total. The Labute approximate surface area is 362 Å². The van der Waals surface area contributed by atoms with E-state index in [0.717, 1.165) is 85.4 Å². The Morgan fingerprint density at radius 3 is 2.62 bits per heavy atom. The van der Waals surface area contributed by atoms with Gasteiger partial charge in [0.1, 0.15) is 5.71 Å². The van der Waals surface area contributed by atoms with E-state index < -0.39 is 6.97 Å². The van der Waals surface area contributed by atoms with E-state index >= 15 is 8.63 Å². The van der Waals surface area contributed by atoms with E-state index in [4.69, 9.17) is 4.74 Å². The Kier molecular flexibility index (Phi) is 11.5. The number of allylic oxidation sites excluding steroid dienone is 4. The normalized spacial score (nSPS) is 35.9. The van der Waals surface area contributed by atoms with Gasteiger partial charge in [-0.3, -0.25) is 14.5 Å². The van der Waals surface area contributed by atoms with Crippen LogP contribution >= 0.6 is 0 Å². The number of unbranched alkanes of at least 4 members (excludes halogenated alkanes) is 2. The van der Waals surface area contributed by atoms with Gasteiger partial charge in [0.05, 0.1) is 17.8 Å².